The predicted molar refractivity (Wildman–Crippen MR) is 450 cm³/mol. The van der Waals surface area contributed by atoms with Crippen molar-refractivity contribution in [3.05, 3.63) is 369 Å². The van der Waals surface area contributed by atoms with Crippen LogP contribution in [-0.2, 0) is 0 Å². The SMILES string of the molecule is [C-]#[N+]c1cc(-n2c3ccc(-c4nc(-c5ccccc5)nc(-c5ccccc5)n4)cc3c3cc(-c4nc(-c5ccccc5)nc(-c5ccccc5)n4)ccc32)c(-c2cccc(C#N)c2)c(-n2c3ccc(-c4nc(-c5ccccc5)nc(-c5ccccc5)n4)cc3c3cc(-c4nc(-c5ccccc5)nc(-c5ccccc5)n4)ccc32)c1. The number of aromatic nitrogens is 14. The average molecular weight is 1460 g/mol. The molecule has 0 spiro atoms. The van der Waals surface area contributed by atoms with Crippen LogP contribution >= 0.6 is 0 Å². The first kappa shape index (κ1) is 67.1. The minimum atomic E-state index is 0.352. The summed E-state index contributed by atoms with van der Waals surface area (Å²) in [5.41, 5.74) is 16.4. The molecule has 530 valence electrons. The molecule has 0 bridgehead atoms. The van der Waals surface area contributed by atoms with Gasteiger partial charge in [-0.1, -0.05) is 255 Å². The van der Waals surface area contributed by atoms with Gasteiger partial charge in [0.2, 0.25) is 0 Å². The fourth-order valence-corrected chi connectivity index (χ4v) is 14.9. The van der Waals surface area contributed by atoms with Gasteiger partial charge in [-0.05, 0) is 103 Å². The first-order valence-electron chi connectivity index (χ1n) is 37.1. The van der Waals surface area contributed by atoms with Crippen molar-refractivity contribution in [2.75, 3.05) is 0 Å². The summed E-state index contributed by atoms with van der Waals surface area (Å²) in [7, 11) is 0. The number of nitrogens with zero attached hydrogens (tertiary/aromatic N) is 16. The normalized spacial score (nSPS) is 11.3. The van der Waals surface area contributed by atoms with Gasteiger partial charge in [-0.2, -0.15) is 5.26 Å². The summed E-state index contributed by atoms with van der Waals surface area (Å²) < 4.78 is 4.46. The van der Waals surface area contributed by atoms with E-state index in [0.717, 1.165) is 122 Å². The zero-order chi connectivity index (χ0) is 76.0. The number of hydrogen-bond donors (Lipinski definition) is 0. The van der Waals surface area contributed by atoms with Crippen LogP contribution in [-0.4, -0.2) is 68.9 Å². The van der Waals surface area contributed by atoms with Gasteiger partial charge in [0.05, 0.1) is 40.3 Å². The van der Waals surface area contributed by atoms with Crippen molar-refractivity contribution in [2.45, 2.75) is 0 Å². The van der Waals surface area contributed by atoms with E-state index in [2.05, 4.69) is 92.8 Å². The van der Waals surface area contributed by atoms with Gasteiger partial charge in [0, 0.05) is 105 Å². The Bertz CT molecular complexity index is 6220. The smallest absolute Gasteiger partial charge is 0.191 e. The molecule has 114 heavy (non-hydrogen) atoms. The summed E-state index contributed by atoms with van der Waals surface area (Å²) >= 11 is 0. The summed E-state index contributed by atoms with van der Waals surface area (Å²) in [6.45, 7) is 9.20. The van der Waals surface area contributed by atoms with Crippen LogP contribution in [0.1, 0.15) is 5.56 Å². The molecule has 0 amide bonds. The van der Waals surface area contributed by atoms with Gasteiger partial charge < -0.3 is 9.13 Å². The second-order valence-electron chi connectivity index (χ2n) is 27.4. The van der Waals surface area contributed by atoms with Gasteiger partial charge in [-0.15, -0.1) is 0 Å². The first-order valence-corrected chi connectivity index (χ1v) is 37.1. The minimum absolute atomic E-state index is 0.352. The second kappa shape index (κ2) is 28.7. The summed E-state index contributed by atoms with van der Waals surface area (Å²) in [6.07, 6.45) is 0. The van der Waals surface area contributed by atoms with Crippen LogP contribution in [0.15, 0.2) is 352 Å². The fourth-order valence-electron chi connectivity index (χ4n) is 14.9. The quantitative estimate of drug-likeness (QED) is 0.0881. The Morgan fingerprint density at radius 1 is 0.219 bits per heavy atom. The molecule has 16 heteroatoms. The Morgan fingerprint density at radius 3 is 0.640 bits per heavy atom. The van der Waals surface area contributed by atoms with E-state index < -0.39 is 0 Å². The molecule has 0 saturated carbocycles. The number of rotatable bonds is 15. The highest BCUT2D eigenvalue weighted by Crippen LogP contribution is 2.47. The van der Waals surface area contributed by atoms with Crippen LogP contribution in [0, 0.1) is 17.9 Å². The van der Waals surface area contributed by atoms with Crippen LogP contribution in [0.2, 0.25) is 0 Å². The summed E-state index contributed by atoms with van der Waals surface area (Å²) in [5, 5.41) is 14.3. The maximum absolute atomic E-state index is 10.9. The molecule has 14 aromatic carbocycles. The molecule has 0 fully saturated rings. The first-order chi connectivity index (χ1) is 56.4. The summed E-state index contributed by atoms with van der Waals surface area (Å²) in [4.78, 5) is 66.7. The van der Waals surface area contributed by atoms with Gasteiger partial charge in [0.15, 0.2) is 75.6 Å². The molecule has 0 saturated heterocycles. The zero-order valence-electron chi connectivity index (χ0n) is 60.6. The lowest BCUT2D eigenvalue weighted by Crippen LogP contribution is -2.04. The van der Waals surface area contributed by atoms with Gasteiger partial charge >= 0.3 is 0 Å². The van der Waals surface area contributed by atoms with Gasteiger partial charge in [-0.3, -0.25) is 0 Å². The molecule has 0 radical (unpaired) electrons. The van der Waals surface area contributed by atoms with Crippen LogP contribution in [0.4, 0.5) is 5.69 Å². The highest BCUT2D eigenvalue weighted by atomic mass is 15.1. The van der Waals surface area contributed by atoms with Crippen molar-refractivity contribution in [2.24, 2.45) is 0 Å². The number of fused-ring (bicyclic) bond motifs is 6. The maximum atomic E-state index is 10.9. The molecule has 20 aromatic rings. The Kier molecular flexibility index (Phi) is 16.9. The second-order valence-corrected chi connectivity index (χ2v) is 27.4. The van der Waals surface area contributed by atoms with Gasteiger partial charge in [0.25, 0.3) is 0 Å². The monoisotopic (exact) mass is 1460 g/mol. The lowest BCUT2D eigenvalue weighted by Gasteiger charge is -2.21. The van der Waals surface area contributed by atoms with Crippen LogP contribution in [0.5, 0.6) is 0 Å². The summed E-state index contributed by atoms with van der Waals surface area (Å²) in [5.74, 6) is 6.04. The van der Waals surface area contributed by atoms with E-state index in [9.17, 15) is 11.8 Å². The number of benzene rings is 14. The lowest BCUT2D eigenvalue weighted by molar-refractivity contribution is 1.07. The van der Waals surface area contributed by atoms with E-state index in [1.807, 2.05) is 279 Å². The third-order valence-electron chi connectivity index (χ3n) is 20.3. The highest BCUT2D eigenvalue weighted by molar-refractivity contribution is 6.14. The number of hydrogen-bond acceptors (Lipinski definition) is 13. The lowest BCUT2D eigenvalue weighted by atomic mass is 9.98. The molecule has 6 aromatic heterocycles. The van der Waals surface area contributed by atoms with Crippen molar-refractivity contribution >= 4 is 49.3 Å². The molecule has 0 aliphatic carbocycles. The Labute approximate surface area is 653 Å². The van der Waals surface area contributed by atoms with E-state index in [1.54, 1.807) is 0 Å². The van der Waals surface area contributed by atoms with E-state index in [1.165, 1.54) is 0 Å². The standard InChI is InChI=1S/C98H58N16/c1-100-75-58-84(113-80-49-45-71(95-105-87(62-28-10-2-11-29-62)101-88(106-95)63-30-12-3-13-31-63)54-76(80)77-55-72(46-50-81(77)113)96-107-89(64-32-14-4-15-33-64)102-90(108-96)65-34-16-5-17-35-65)86(70-44-26-27-61(53-70)60-99)85(59-75)114-82-51-47-73(97-109-91(66-36-18-6-19-37-66)103-92(110-97)67-38-20-7-21-39-67)56-78(82)79-57-74(48-52-83(79)114)98-111-93(68-40-22-8-23-41-68)104-94(112-98)69-42-24-9-25-43-69/h2-59H. The van der Waals surface area contributed by atoms with E-state index in [-0.39, 0.29) is 0 Å². The van der Waals surface area contributed by atoms with E-state index >= 15 is 0 Å². The van der Waals surface area contributed by atoms with Crippen LogP contribution in [0.25, 0.3) is 208 Å². The Morgan fingerprint density at radius 2 is 0.430 bits per heavy atom. The van der Waals surface area contributed by atoms with Crippen molar-refractivity contribution < 1.29 is 0 Å². The molecular formula is C98H58N16. The highest BCUT2D eigenvalue weighted by Gasteiger charge is 2.27. The van der Waals surface area contributed by atoms with Crippen molar-refractivity contribution in [1.82, 2.24) is 68.9 Å². The Hall–Kier alpha value is -16.3. The third kappa shape index (κ3) is 12.5. The van der Waals surface area contributed by atoms with Crippen LogP contribution in [0.3, 0.4) is 0 Å². The zero-order valence-corrected chi connectivity index (χ0v) is 60.6. The van der Waals surface area contributed by atoms with Crippen molar-refractivity contribution in [3.8, 4) is 165 Å². The molecule has 20 rings (SSSR count). The van der Waals surface area contributed by atoms with Crippen molar-refractivity contribution in [3.63, 3.8) is 0 Å². The topological polar surface area (TPSA) is 193 Å². The molecule has 16 nitrogen and oxygen atoms in total. The minimum Gasteiger partial charge on any atom is -0.310 e. The van der Waals surface area contributed by atoms with Gasteiger partial charge in [-0.25, -0.2) is 64.7 Å². The molecular weight excluding hydrogens is 1400 g/mol. The van der Waals surface area contributed by atoms with E-state index in [4.69, 9.17) is 59.8 Å². The average Bonchev–Trinajstić information content (AvgIpc) is 1.55. The Balaban J connectivity index is 0.863. The number of nitriles is 1. The largest absolute Gasteiger partial charge is 0.310 e. The van der Waals surface area contributed by atoms with Crippen molar-refractivity contribution in [1.29, 1.82) is 5.26 Å². The predicted octanol–water partition coefficient (Wildman–Crippen LogP) is 22.7. The van der Waals surface area contributed by atoms with E-state index in [0.29, 0.717) is 92.5 Å². The fraction of sp³-hybridized carbons (Fsp3) is 0. The molecule has 6 heterocycles. The molecule has 0 N–H and O–H groups in total. The van der Waals surface area contributed by atoms with Gasteiger partial charge in [0.1, 0.15) is 0 Å². The molecule has 0 atom stereocenters. The van der Waals surface area contributed by atoms with Crippen LogP contribution < -0.4 is 0 Å². The summed E-state index contributed by atoms with van der Waals surface area (Å²) in [6, 6.07) is 119. The molecule has 0 aliphatic heterocycles. The molecule has 0 aliphatic rings. The maximum Gasteiger partial charge on any atom is 0.191 e. The third-order valence-corrected chi connectivity index (χ3v) is 20.3. The molecule has 0 unspecified atom stereocenters.